The lowest BCUT2D eigenvalue weighted by Crippen LogP contribution is -1.89. The molecule has 0 spiro atoms. The van der Waals surface area contributed by atoms with Gasteiger partial charge in [0.2, 0.25) is 0 Å². The summed E-state index contributed by atoms with van der Waals surface area (Å²) < 4.78 is 0. The van der Waals surface area contributed by atoms with E-state index in [4.69, 9.17) is 5.11 Å². The van der Waals surface area contributed by atoms with E-state index >= 15 is 0 Å². The zero-order valence-electron chi connectivity index (χ0n) is 11.5. The van der Waals surface area contributed by atoms with Crippen LogP contribution in [-0.2, 0) is 6.42 Å². The van der Waals surface area contributed by atoms with Crippen LogP contribution in [0.15, 0.2) is 48.5 Å². The van der Waals surface area contributed by atoms with Crippen LogP contribution in [0, 0.1) is 0 Å². The molecule has 1 N–H and O–H groups in total. The van der Waals surface area contributed by atoms with E-state index in [1.807, 2.05) is 6.07 Å². The zero-order valence-corrected chi connectivity index (χ0v) is 13.1. The molecule has 21 heavy (non-hydrogen) atoms. The molecule has 0 unspecified atom stereocenters. The topological polar surface area (TPSA) is 37.3 Å². The normalized spacial score (nSPS) is 10.7. The Morgan fingerprint density at radius 2 is 1.71 bits per heavy atom. The van der Waals surface area contributed by atoms with Crippen LogP contribution in [0.3, 0.4) is 0 Å². The molecule has 3 aromatic rings. The quantitative estimate of drug-likeness (QED) is 0.699. The molecule has 106 valence electrons. The zero-order chi connectivity index (χ0) is 14.8. The van der Waals surface area contributed by atoms with Crippen LogP contribution in [0.1, 0.15) is 22.2 Å². The van der Waals surface area contributed by atoms with Gasteiger partial charge in [-0.25, -0.2) is 4.79 Å². The molecule has 2 heterocycles. The Hall–Kier alpha value is -1.91. The van der Waals surface area contributed by atoms with Gasteiger partial charge < -0.3 is 5.11 Å². The smallest absolute Gasteiger partial charge is 0.345 e. The molecule has 2 nitrogen and oxygen atoms in total. The average Bonchev–Trinajstić information content (AvgIpc) is 3.16. The molecular formula is C17H14O2S2. The van der Waals surface area contributed by atoms with Gasteiger partial charge in [0.25, 0.3) is 0 Å². The third-order valence-corrected chi connectivity index (χ3v) is 5.69. The summed E-state index contributed by atoms with van der Waals surface area (Å²) in [6.07, 6.45) is 1.03. The molecule has 0 fully saturated rings. The number of aryl methyl sites for hydroxylation is 1. The number of aromatic carboxylic acids is 1. The first-order chi connectivity index (χ1) is 10.2. The van der Waals surface area contributed by atoms with Crippen molar-refractivity contribution in [3.63, 3.8) is 0 Å². The standard InChI is InChI=1S/C17H14O2S2/c1-2-11-4-3-5-12(10-11)13-6-7-14(20-13)15-8-9-16(21-15)17(18)19/h3-10H,2H2,1H3,(H,18,19). The molecule has 0 radical (unpaired) electrons. The largest absolute Gasteiger partial charge is 0.477 e. The molecule has 0 bridgehead atoms. The van der Waals surface area contributed by atoms with Gasteiger partial charge in [0, 0.05) is 14.6 Å². The molecular weight excluding hydrogens is 300 g/mol. The van der Waals surface area contributed by atoms with Crippen LogP contribution in [0.5, 0.6) is 0 Å². The minimum atomic E-state index is -0.862. The Bertz CT molecular complexity index is 783. The monoisotopic (exact) mass is 314 g/mol. The molecule has 2 aromatic heterocycles. The first-order valence-electron chi connectivity index (χ1n) is 6.70. The van der Waals surface area contributed by atoms with E-state index in [9.17, 15) is 4.79 Å². The maximum Gasteiger partial charge on any atom is 0.345 e. The third kappa shape index (κ3) is 2.91. The minimum absolute atomic E-state index is 0.382. The molecule has 0 atom stereocenters. The Kier molecular flexibility index (Phi) is 3.90. The summed E-state index contributed by atoms with van der Waals surface area (Å²) in [5, 5.41) is 9.00. The van der Waals surface area contributed by atoms with Gasteiger partial charge in [-0.2, -0.15) is 0 Å². The highest BCUT2D eigenvalue weighted by molar-refractivity contribution is 7.24. The van der Waals surface area contributed by atoms with E-state index in [0.29, 0.717) is 4.88 Å². The summed E-state index contributed by atoms with van der Waals surface area (Å²) in [6, 6.07) is 16.3. The lowest BCUT2D eigenvalue weighted by molar-refractivity contribution is 0.0702. The highest BCUT2D eigenvalue weighted by Crippen LogP contribution is 2.37. The SMILES string of the molecule is CCc1cccc(-c2ccc(-c3ccc(C(=O)O)s3)s2)c1. The molecule has 0 saturated carbocycles. The van der Waals surface area contributed by atoms with Gasteiger partial charge in [0.1, 0.15) is 4.88 Å². The van der Waals surface area contributed by atoms with Crippen LogP contribution >= 0.6 is 22.7 Å². The van der Waals surface area contributed by atoms with Gasteiger partial charge in [0.15, 0.2) is 0 Å². The predicted molar refractivity (Wildman–Crippen MR) is 89.4 cm³/mol. The molecule has 4 heteroatoms. The summed E-state index contributed by atoms with van der Waals surface area (Å²) in [7, 11) is 0. The van der Waals surface area contributed by atoms with Gasteiger partial charge in [0.05, 0.1) is 0 Å². The maximum absolute atomic E-state index is 11.0. The van der Waals surface area contributed by atoms with Crippen molar-refractivity contribution < 1.29 is 9.90 Å². The Balaban J connectivity index is 1.93. The number of benzene rings is 1. The highest BCUT2D eigenvalue weighted by Gasteiger charge is 2.11. The van der Waals surface area contributed by atoms with Crippen molar-refractivity contribution in [3.05, 3.63) is 59.0 Å². The van der Waals surface area contributed by atoms with E-state index in [-0.39, 0.29) is 0 Å². The van der Waals surface area contributed by atoms with Crippen molar-refractivity contribution >= 4 is 28.6 Å². The molecule has 0 aliphatic heterocycles. The van der Waals surface area contributed by atoms with Crippen LogP contribution in [0.4, 0.5) is 0 Å². The van der Waals surface area contributed by atoms with E-state index in [1.165, 1.54) is 27.3 Å². The fourth-order valence-electron chi connectivity index (χ4n) is 2.16. The second-order valence-corrected chi connectivity index (χ2v) is 6.85. The fourth-order valence-corrected chi connectivity index (χ4v) is 4.09. The first kappa shape index (κ1) is 14.0. The third-order valence-electron chi connectivity index (χ3n) is 3.29. The Labute approximate surface area is 131 Å². The van der Waals surface area contributed by atoms with E-state index < -0.39 is 5.97 Å². The molecule has 0 saturated heterocycles. The van der Waals surface area contributed by atoms with E-state index in [2.05, 4.69) is 43.3 Å². The molecule has 3 rings (SSSR count). The summed E-state index contributed by atoms with van der Waals surface area (Å²) >= 11 is 3.02. The van der Waals surface area contributed by atoms with Crippen LogP contribution in [-0.4, -0.2) is 11.1 Å². The van der Waals surface area contributed by atoms with E-state index in [1.54, 1.807) is 17.4 Å². The Morgan fingerprint density at radius 3 is 2.43 bits per heavy atom. The number of carboxylic acid groups (broad SMARTS) is 1. The average molecular weight is 314 g/mol. The van der Waals surface area contributed by atoms with Gasteiger partial charge in [-0.15, -0.1) is 22.7 Å². The first-order valence-corrected chi connectivity index (χ1v) is 8.33. The van der Waals surface area contributed by atoms with Crippen molar-refractivity contribution in [2.45, 2.75) is 13.3 Å². The van der Waals surface area contributed by atoms with Gasteiger partial charge in [-0.05, 0) is 41.8 Å². The van der Waals surface area contributed by atoms with Crippen molar-refractivity contribution in [1.29, 1.82) is 0 Å². The number of hydrogen-bond acceptors (Lipinski definition) is 3. The Morgan fingerprint density at radius 1 is 1.00 bits per heavy atom. The number of carbonyl (C=O) groups is 1. The molecule has 0 aliphatic carbocycles. The number of hydrogen-bond donors (Lipinski definition) is 1. The van der Waals surface area contributed by atoms with Gasteiger partial charge in [-0.1, -0.05) is 31.2 Å². The van der Waals surface area contributed by atoms with Gasteiger partial charge in [-0.3, -0.25) is 0 Å². The minimum Gasteiger partial charge on any atom is -0.477 e. The second-order valence-electron chi connectivity index (χ2n) is 4.69. The number of thiophene rings is 2. The molecule has 0 aliphatic rings. The van der Waals surface area contributed by atoms with Crippen molar-refractivity contribution in [2.75, 3.05) is 0 Å². The fraction of sp³-hybridized carbons (Fsp3) is 0.118. The number of rotatable bonds is 4. The van der Waals surface area contributed by atoms with Crippen LogP contribution < -0.4 is 0 Å². The van der Waals surface area contributed by atoms with Crippen LogP contribution in [0.2, 0.25) is 0 Å². The van der Waals surface area contributed by atoms with Crippen molar-refractivity contribution in [2.24, 2.45) is 0 Å². The number of carboxylic acids is 1. The summed E-state index contributed by atoms with van der Waals surface area (Å²) in [4.78, 5) is 14.7. The summed E-state index contributed by atoms with van der Waals surface area (Å²) in [6.45, 7) is 2.15. The van der Waals surface area contributed by atoms with E-state index in [0.717, 1.165) is 16.2 Å². The maximum atomic E-state index is 11.0. The predicted octanol–water partition coefficient (Wildman–Crippen LogP) is 5.40. The van der Waals surface area contributed by atoms with Crippen LogP contribution in [0.25, 0.3) is 20.2 Å². The summed E-state index contributed by atoms with van der Waals surface area (Å²) in [5.74, 6) is -0.862. The lowest BCUT2D eigenvalue weighted by atomic mass is 10.1. The summed E-state index contributed by atoms with van der Waals surface area (Å²) in [5.41, 5.74) is 2.55. The van der Waals surface area contributed by atoms with Gasteiger partial charge >= 0.3 is 5.97 Å². The molecule has 0 amide bonds. The van der Waals surface area contributed by atoms with Crippen molar-refractivity contribution in [1.82, 2.24) is 0 Å². The lowest BCUT2D eigenvalue weighted by Gasteiger charge is -2.00. The van der Waals surface area contributed by atoms with Crippen molar-refractivity contribution in [3.8, 4) is 20.2 Å². The highest BCUT2D eigenvalue weighted by atomic mass is 32.1. The molecule has 1 aromatic carbocycles. The second kappa shape index (κ2) is 5.84.